The van der Waals surface area contributed by atoms with E-state index in [4.69, 9.17) is 11.6 Å². The largest absolute Gasteiger partial charge is 0.334 e. The van der Waals surface area contributed by atoms with Crippen LogP contribution in [0, 0.1) is 5.92 Å². The van der Waals surface area contributed by atoms with Crippen LogP contribution in [0.4, 0.5) is 4.79 Å². The Bertz CT molecular complexity index is 467. The Hall–Kier alpha value is -1.48. The quantitative estimate of drug-likeness (QED) is 0.856. The summed E-state index contributed by atoms with van der Waals surface area (Å²) in [6, 6.07) is 7.31. The highest BCUT2D eigenvalue weighted by molar-refractivity contribution is 6.31. The van der Waals surface area contributed by atoms with Crippen molar-refractivity contribution in [1.82, 2.24) is 10.6 Å². The van der Waals surface area contributed by atoms with E-state index in [1.54, 1.807) is 6.20 Å². The average molecular weight is 293 g/mol. The molecule has 4 heteroatoms. The van der Waals surface area contributed by atoms with Gasteiger partial charge in [-0.25, -0.2) is 4.79 Å². The van der Waals surface area contributed by atoms with Gasteiger partial charge < -0.3 is 10.6 Å². The second-order valence-corrected chi connectivity index (χ2v) is 5.58. The summed E-state index contributed by atoms with van der Waals surface area (Å²) < 4.78 is 0. The number of amides is 2. The van der Waals surface area contributed by atoms with Crippen molar-refractivity contribution in [2.45, 2.75) is 38.6 Å². The zero-order chi connectivity index (χ0) is 14.2. The van der Waals surface area contributed by atoms with Crippen LogP contribution in [0.2, 0.25) is 5.02 Å². The SMILES string of the molecule is O=C(N/C=C/C1CCCCC1)NCc1ccccc1Cl. The first kappa shape index (κ1) is 14.9. The fourth-order valence-corrected chi connectivity index (χ4v) is 2.66. The number of carbonyl (C=O) groups is 1. The molecule has 0 radical (unpaired) electrons. The Kier molecular flexibility index (Phi) is 5.93. The van der Waals surface area contributed by atoms with E-state index in [1.165, 1.54) is 32.1 Å². The molecular formula is C16H21ClN2O. The zero-order valence-electron chi connectivity index (χ0n) is 11.6. The lowest BCUT2D eigenvalue weighted by Crippen LogP contribution is -2.31. The molecule has 0 aromatic heterocycles. The van der Waals surface area contributed by atoms with Crippen molar-refractivity contribution in [2.24, 2.45) is 5.92 Å². The maximum Gasteiger partial charge on any atom is 0.319 e. The molecule has 1 saturated carbocycles. The Morgan fingerprint density at radius 3 is 2.75 bits per heavy atom. The maximum atomic E-state index is 11.7. The molecule has 0 heterocycles. The summed E-state index contributed by atoms with van der Waals surface area (Å²) >= 11 is 6.03. The molecule has 1 aromatic carbocycles. The average Bonchev–Trinajstić information content (AvgIpc) is 2.47. The molecule has 2 amide bonds. The highest BCUT2D eigenvalue weighted by Crippen LogP contribution is 2.24. The summed E-state index contributed by atoms with van der Waals surface area (Å²) in [5, 5.41) is 6.21. The number of halogens is 1. The van der Waals surface area contributed by atoms with E-state index in [9.17, 15) is 4.79 Å². The number of rotatable bonds is 4. The highest BCUT2D eigenvalue weighted by atomic mass is 35.5. The van der Waals surface area contributed by atoms with Crippen molar-refractivity contribution in [3.8, 4) is 0 Å². The van der Waals surface area contributed by atoms with E-state index in [-0.39, 0.29) is 6.03 Å². The normalized spacial score (nSPS) is 16.2. The number of benzene rings is 1. The molecule has 0 saturated heterocycles. The summed E-state index contributed by atoms with van der Waals surface area (Å²) in [6.07, 6.45) is 10.3. The van der Waals surface area contributed by atoms with Crippen LogP contribution in [0.15, 0.2) is 36.5 Å². The second kappa shape index (κ2) is 7.95. The number of urea groups is 1. The van der Waals surface area contributed by atoms with Crippen LogP contribution in [-0.4, -0.2) is 6.03 Å². The van der Waals surface area contributed by atoms with Crippen LogP contribution in [0.5, 0.6) is 0 Å². The summed E-state index contributed by atoms with van der Waals surface area (Å²) in [6.45, 7) is 0.433. The molecule has 0 unspecified atom stereocenters. The summed E-state index contributed by atoms with van der Waals surface area (Å²) in [5.41, 5.74) is 0.917. The first-order chi connectivity index (χ1) is 9.75. The first-order valence-electron chi connectivity index (χ1n) is 7.20. The van der Waals surface area contributed by atoms with Gasteiger partial charge in [-0.3, -0.25) is 0 Å². The summed E-state index contributed by atoms with van der Waals surface area (Å²) in [5.74, 6) is 0.618. The smallest absolute Gasteiger partial charge is 0.319 e. The highest BCUT2D eigenvalue weighted by Gasteiger charge is 2.09. The molecule has 1 aliphatic carbocycles. The maximum absolute atomic E-state index is 11.7. The minimum absolute atomic E-state index is 0.197. The van der Waals surface area contributed by atoms with Gasteiger partial charge in [-0.1, -0.05) is 55.1 Å². The van der Waals surface area contributed by atoms with Crippen LogP contribution in [-0.2, 0) is 6.54 Å². The Balaban J connectivity index is 1.70. The van der Waals surface area contributed by atoms with Crippen molar-refractivity contribution < 1.29 is 4.79 Å². The second-order valence-electron chi connectivity index (χ2n) is 5.18. The lowest BCUT2D eigenvalue weighted by Gasteiger charge is -2.17. The van der Waals surface area contributed by atoms with E-state index in [2.05, 4.69) is 16.7 Å². The lowest BCUT2D eigenvalue weighted by atomic mass is 9.89. The predicted molar refractivity (Wildman–Crippen MR) is 82.5 cm³/mol. The predicted octanol–water partition coefficient (Wildman–Crippen LogP) is 4.23. The van der Waals surface area contributed by atoms with Crippen molar-refractivity contribution in [3.63, 3.8) is 0 Å². The molecule has 3 nitrogen and oxygen atoms in total. The number of allylic oxidation sites excluding steroid dienone is 1. The molecule has 0 spiro atoms. The monoisotopic (exact) mass is 292 g/mol. The van der Waals surface area contributed by atoms with Crippen molar-refractivity contribution in [1.29, 1.82) is 0 Å². The van der Waals surface area contributed by atoms with E-state index < -0.39 is 0 Å². The molecule has 20 heavy (non-hydrogen) atoms. The fourth-order valence-electron chi connectivity index (χ4n) is 2.45. The topological polar surface area (TPSA) is 41.1 Å². The molecule has 108 valence electrons. The Morgan fingerprint density at radius 2 is 2.00 bits per heavy atom. The van der Waals surface area contributed by atoms with Crippen LogP contribution in [0.25, 0.3) is 0 Å². The fraction of sp³-hybridized carbons (Fsp3) is 0.438. The van der Waals surface area contributed by atoms with Gasteiger partial charge in [-0.05, 0) is 30.4 Å². The molecule has 0 atom stereocenters. The van der Waals surface area contributed by atoms with Crippen LogP contribution >= 0.6 is 11.6 Å². The molecule has 1 aliphatic rings. The van der Waals surface area contributed by atoms with E-state index in [0.29, 0.717) is 17.5 Å². The summed E-state index contributed by atoms with van der Waals surface area (Å²) in [7, 11) is 0. The van der Waals surface area contributed by atoms with E-state index in [0.717, 1.165) is 5.56 Å². The molecular weight excluding hydrogens is 272 g/mol. The van der Waals surface area contributed by atoms with Crippen molar-refractivity contribution >= 4 is 17.6 Å². The number of hydrogen-bond donors (Lipinski definition) is 2. The number of carbonyl (C=O) groups excluding carboxylic acids is 1. The van der Waals surface area contributed by atoms with Gasteiger partial charge >= 0.3 is 6.03 Å². The molecule has 1 fully saturated rings. The minimum atomic E-state index is -0.197. The van der Waals surface area contributed by atoms with Crippen molar-refractivity contribution in [2.75, 3.05) is 0 Å². The molecule has 1 aromatic rings. The number of nitrogens with one attached hydrogen (secondary N) is 2. The third-order valence-electron chi connectivity index (χ3n) is 3.63. The van der Waals surface area contributed by atoms with Gasteiger partial charge in [0.15, 0.2) is 0 Å². The Morgan fingerprint density at radius 1 is 1.25 bits per heavy atom. The molecule has 0 bridgehead atoms. The van der Waals surface area contributed by atoms with E-state index in [1.807, 2.05) is 24.3 Å². The molecule has 0 aliphatic heterocycles. The van der Waals surface area contributed by atoms with Crippen LogP contribution < -0.4 is 10.6 Å². The van der Waals surface area contributed by atoms with Gasteiger partial charge in [0.2, 0.25) is 0 Å². The lowest BCUT2D eigenvalue weighted by molar-refractivity contribution is 0.243. The van der Waals surface area contributed by atoms with Gasteiger partial charge in [0.25, 0.3) is 0 Å². The van der Waals surface area contributed by atoms with Gasteiger partial charge in [-0.2, -0.15) is 0 Å². The van der Waals surface area contributed by atoms with Crippen LogP contribution in [0.3, 0.4) is 0 Å². The minimum Gasteiger partial charge on any atom is -0.334 e. The van der Waals surface area contributed by atoms with Crippen molar-refractivity contribution in [3.05, 3.63) is 47.1 Å². The zero-order valence-corrected chi connectivity index (χ0v) is 12.3. The first-order valence-corrected chi connectivity index (χ1v) is 7.58. The standard InChI is InChI=1S/C16H21ClN2O/c17-15-9-5-4-8-14(15)12-19-16(20)18-11-10-13-6-2-1-3-7-13/h4-5,8-11,13H,1-3,6-7,12H2,(H2,18,19,20)/b11-10+. The Labute approximate surface area is 125 Å². The molecule has 2 rings (SSSR count). The third-order valence-corrected chi connectivity index (χ3v) is 4.00. The van der Waals surface area contributed by atoms with Gasteiger partial charge in [-0.15, -0.1) is 0 Å². The van der Waals surface area contributed by atoms with E-state index >= 15 is 0 Å². The number of hydrogen-bond acceptors (Lipinski definition) is 1. The van der Waals surface area contributed by atoms with Crippen LogP contribution in [0.1, 0.15) is 37.7 Å². The van der Waals surface area contributed by atoms with Gasteiger partial charge in [0, 0.05) is 17.8 Å². The summed E-state index contributed by atoms with van der Waals surface area (Å²) in [4.78, 5) is 11.7. The van der Waals surface area contributed by atoms with Gasteiger partial charge in [0.05, 0.1) is 0 Å². The van der Waals surface area contributed by atoms with Gasteiger partial charge in [0.1, 0.15) is 0 Å². The molecule has 2 N–H and O–H groups in total. The third kappa shape index (κ3) is 4.89.